The van der Waals surface area contributed by atoms with E-state index >= 15 is 0 Å². The van der Waals surface area contributed by atoms with Gasteiger partial charge in [0.2, 0.25) is 5.96 Å². The molecule has 5 N–H and O–H groups in total. The molecule has 3 rings (SSSR count). The van der Waals surface area contributed by atoms with Crippen LogP contribution in [0.25, 0.3) is 22.2 Å². The summed E-state index contributed by atoms with van der Waals surface area (Å²) in [5.41, 5.74) is 14.6. The number of fused-ring (bicyclic) bond motifs is 1. The van der Waals surface area contributed by atoms with Gasteiger partial charge in [0.05, 0.1) is 16.4 Å². The van der Waals surface area contributed by atoms with Crippen LogP contribution >= 0.6 is 34.8 Å². The Morgan fingerprint density at radius 1 is 0.960 bits per heavy atom. The minimum absolute atomic E-state index is 0.122. The Morgan fingerprint density at radius 3 is 2.32 bits per heavy atom. The van der Waals surface area contributed by atoms with Gasteiger partial charge in [-0.1, -0.05) is 34.8 Å². The van der Waals surface area contributed by atoms with Crippen LogP contribution in [0.4, 0.5) is 0 Å². The number of H-pyrrole nitrogens is 1. The van der Waals surface area contributed by atoms with Crippen molar-refractivity contribution in [2.24, 2.45) is 21.7 Å². The molecule has 0 amide bonds. The molecule has 5 nitrogen and oxygen atoms in total. The highest BCUT2D eigenvalue weighted by Crippen LogP contribution is 2.37. The van der Waals surface area contributed by atoms with Crippen molar-refractivity contribution in [3.8, 4) is 11.3 Å². The molecule has 0 fully saturated rings. The summed E-state index contributed by atoms with van der Waals surface area (Å²) in [6.45, 7) is 1.81. The van der Waals surface area contributed by atoms with Gasteiger partial charge in [-0.05, 0) is 43.3 Å². The molecule has 0 aliphatic carbocycles. The van der Waals surface area contributed by atoms with Crippen LogP contribution in [0.3, 0.4) is 0 Å². The summed E-state index contributed by atoms with van der Waals surface area (Å²) in [5, 5.41) is 10.4. The Morgan fingerprint density at radius 2 is 1.64 bits per heavy atom. The molecule has 0 bridgehead atoms. The molecule has 25 heavy (non-hydrogen) atoms. The lowest BCUT2D eigenvalue weighted by atomic mass is 10.0. The highest BCUT2D eigenvalue weighted by atomic mass is 35.5. The van der Waals surface area contributed by atoms with Crippen LogP contribution in [0.5, 0.6) is 0 Å². The zero-order chi connectivity index (χ0) is 18.1. The van der Waals surface area contributed by atoms with Crippen LogP contribution in [-0.4, -0.2) is 16.7 Å². The monoisotopic (exact) mass is 393 g/mol. The zero-order valence-electron chi connectivity index (χ0n) is 13.1. The summed E-state index contributed by atoms with van der Waals surface area (Å²) >= 11 is 18.6. The Kier molecular flexibility index (Phi) is 4.90. The Hall–Kier alpha value is -2.21. The van der Waals surface area contributed by atoms with Crippen molar-refractivity contribution in [1.82, 2.24) is 4.98 Å². The minimum atomic E-state index is -0.122. The number of hydrogen-bond acceptors (Lipinski definition) is 2. The van der Waals surface area contributed by atoms with Gasteiger partial charge >= 0.3 is 0 Å². The Balaban J connectivity index is 2.33. The van der Waals surface area contributed by atoms with E-state index in [4.69, 9.17) is 46.3 Å². The summed E-state index contributed by atoms with van der Waals surface area (Å²) in [4.78, 5) is 3.36. The van der Waals surface area contributed by atoms with E-state index in [0.29, 0.717) is 20.8 Å². The second-order valence-corrected chi connectivity index (χ2v) is 6.68. The number of aromatic amines is 1. The maximum Gasteiger partial charge on any atom is 0.211 e. The predicted molar refractivity (Wildman–Crippen MR) is 107 cm³/mol. The topological polar surface area (TPSA) is 92.5 Å². The van der Waals surface area contributed by atoms with Gasteiger partial charge in [-0.15, -0.1) is 5.10 Å². The number of nitrogens with one attached hydrogen (secondary N) is 1. The van der Waals surface area contributed by atoms with Crippen LogP contribution in [0.2, 0.25) is 15.1 Å². The summed E-state index contributed by atoms with van der Waals surface area (Å²) in [7, 11) is 0. The number of guanidine groups is 1. The fourth-order valence-corrected chi connectivity index (χ4v) is 3.29. The van der Waals surface area contributed by atoms with E-state index in [1.807, 2.05) is 25.1 Å². The molecule has 1 heterocycles. The second kappa shape index (κ2) is 6.96. The van der Waals surface area contributed by atoms with Gasteiger partial charge in [0.1, 0.15) is 0 Å². The van der Waals surface area contributed by atoms with Gasteiger partial charge in [0, 0.05) is 32.1 Å². The van der Waals surface area contributed by atoms with Gasteiger partial charge in [-0.3, -0.25) is 0 Å². The first-order valence-corrected chi connectivity index (χ1v) is 8.40. The molecule has 0 radical (unpaired) electrons. The average Bonchev–Trinajstić information content (AvgIpc) is 2.90. The lowest BCUT2D eigenvalue weighted by Gasteiger charge is -2.07. The van der Waals surface area contributed by atoms with Crippen molar-refractivity contribution in [3.05, 3.63) is 57.0 Å². The molecular weight excluding hydrogens is 381 g/mol. The molecule has 0 aliphatic heterocycles. The normalized spacial score (nSPS) is 11.8. The Bertz CT molecular complexity index is 1020. The molecule has 0 saturated heterocycles. The van der Waals surface area contributed by atoms with E-state index in [9.17, 15) is 0 Å². The van der Waals surface area contributed by atoms with Crippen molar-refractivity contribution < 1.29 is 0 Å². The van der Waals surface area contributed by atoms with E-state index in [1.165, 1.54) is 0 Å². The summed E-state index contributed by atoms with van der Waals surface area (Å²) in [5.74, 6) is -0.122. The fraction of sp³-hybridized carbons (Fsp3) is 0.0588. The summed E-state index contributed by atoms with van der Waals surface area (Å²) in [6, 6.07) is 10.8. The van der Waals surface area contributed by atoms with Crippen molar-refractivity contribution in [1.29, 1.82) is 0 Å². The minimum Gasteiger partial charge on any atom is -0.369 e. The molecule has 0 atom stereocenters. The van der Waals surface area contributed by atoms with Crippen molar-refractivity contribution in [2.45, 2.75) is 6.92 Å². The van der Waals surface area contributed by atoms with E-state index in [2.05, 4.69) is 15.2 Å². The second-order valence-electron chi connectivity index (χ2n) is 5.40. The first kappa shape index (κ1) is 17.6. The van der Waals surface area contributed by atoms with E-state index in [0.717, 1.165) is 27.7 Å². The number of nitrogens with two attached hydrogens (primary N) is 2. The lowest BCUT2D eigenvalue weighted by molar-refractivity contribution is 1.20. The largest absolute Gasteiger partial charge is 0.369 e. The van der Waals surface area contributed by atoms with Gasteiger partial charge in [-0.2, -0.15) is 5.10 Å². The van der Waals surface area contributed by atoms with Crippen LogP contribution in [0.15, 0.2) is 46.6 Å². The molecule has 0 saturated carbocycles. The molecule has 128 valence electrons. The molecule has 8 heteroatoms. The lowest BCUT2D eigenvalue weighted by Crippen LogP contribution is -2.22. The first-order valence-electron chi connectivity index (χ1n) is 7.27. The fourth-order valence-electron chi connectivity index (χ4n) is 2.62. The van der Waals surface area contributed by atoms with Crippen LogP contribution in [0.1, 0.15) is 12.5 Å². The molecule has 0 spiro atoms. The number of rotatable bonds is 3. The third-order valence-corrected chi connectivity index (χ3v) is 4.42. The molecule has 1 aromatic heterocycles. The van der Waals surface area contributed by atoms with E-state index in [-0.39, 0.29) is 5.96 Å². The SMILES string of the molecule is C/C(=N\N=C(N)N)c1c(-c2ccc(Cl)cc2Cl)[nH]c2ccc(Cl)cc12. The number of halogens is 3. The Labute approximate surface area is 159 Å². The summed E-state index contributed by atoms with van der Waals surface area (Å²) < 4.78 is 0. The van der Waals surface area contributed by atoms with Crippen molar-refractivity contribution in [2.75, 3.05) is 0 Å². The average molecular weight is 395 g/mol. The summed E-state index contributed by atoms with van der Waals surface area (Å²) in [6.07, 6.45) is 0. The van der Waals surface area contributed by atoms with E-state index < -0.39 is 0 Å². The van der Waals surface area contributed by atoms with Crippen LogP contribution < -0.4 is 11.5 Å². The van der Waals surface area contributed by atoms with Gasteiger partial charge in [0.25, 0.3) is 0 Å². The highest BCUT2D eigenvalue weighted by molar-refractivity contribution is 6.37. The number of aromatic nitrogens is 1. The first-order chi connectivity index (χ1) is 11.9. The van der Waals surface area contributed by atoms with Gasteiger partial charge in [0.15, 0.2) is 0 Å². The van der Waals surface area contributed by atoms with Crippen LogP contribution in [0, 0.1) is 0 Å². The maximum absolute atomic E-state index is 6.39. The number of hydrogen-bond donors (Lipinski definition) is 3. The zero-order valence-corrected chi connectivity index (χ0v) is 15.4. The molecular formula is C17H14Cl3N5. The molecule has 0 unspecified atom stereocenters. The quantitative estimate of drug-likeness (QED) is 0.338. The predicted octanol–water partition coefficient (Wildman–Crippen LogP) is 4.79. The highest BCUT2D eigenvalue weighted by Gasteiger charge is 2.18. The van der Waals surface area contributed by atoms with Gasteiger partial charge < -0.3 is 16.5 Å². The van der Waals surface area contributed by atoms with Crippen molar-refractivity contribution >= 4 is 57.4 Å². The van der Waals surface area contributed by atoms with Gasteiger partial charge in [-0.25, -0.2) is 0 Å². The number of benzene rings is 2. The number of nitrogens with zero attached hydrogens (tertiary/aromatic N) is 2. The van der Waals surface area contributed by atoms with Crippen molar-refractivity contribution in [3.63, 3.8) is 0 Å². The molecule has 0 aliphatic rings. The third-order valence-electron chi connectivity index (χ3n) is 3.64. The smallest absolute Gasteiger partial charge is 0.211 e. The molecule has 3 aromatic rings. The van der Waals surface area contributed by atoms with Crippen LogP contribution in [-0.2, 0) is 0 Å². The molecule has 2 aromatic carbocycles. The maximum atomic E-state index is 6.39. The van der Waals surface area contributed by atoms with E-state index in [1.54, 1.807) is 18.2 Å². The third kappa shape index (κ3) is 3.58. The standard InChI is InChI=1S/C17H14Cl3N5/c1-8(24-25-17(21)22)15-12-6-9(18)3-5-14(12)23-16(15)11-4-2-10(19)7-13(11)20/h2-7,23H,1H3,(H4,21,22,25)/b24-8+.